The second-order valence-corrected chi connectivity index (χ2v) is 10.4. The van der Waals surface area contributed by atoms with Crippen LogP contribution in [0.5, 0.6) is 0 Å². The summed E-state index contributed by atoms with van der Waals surface area (Å²) in [5, 5.41) is 10.5. The molecule has 1 atom stereocenters. The number of fused-ring (bicyclic) bond motifs is 3. The summed E-state index contributed by atoms with van der Waals surface area (Å²) in [6.07, 6.45) is 8.06. The van der Waals surface area contributed by atoms with Crippen LogP contribution in [0, 0.1) is 5.82 Å². The Balaban J connectivity index is 1.47. The fourth-order valence-electron chi connectivity index (χ4n) is 4.23. The van der Waals surface area contributed by atoms with Gasteiger partial charge in [0.1, 0.15) is 5.82 Å². The molecule has 3 nitrogen and oxygen atoms in total. The second kappa shape index (κ2) is 10.5. The first kappa shape index (κ1) is 24.6. The van der Waals surface area contributed by atoms with Crippen LogP contribution in [-0.4, -0.2) is 21.8 Å². The van der Waals surface area contributed by atoms with E-state index in [1.807, 2.05) is 48.6 Å². The van der Waals surface area contributed by atoms with Crippen molar-refractivity contribution in [1.82, 2.24) is 4.98 Å². The molecule has 0 saturated heterocycles. The van der Waals surface area contributed by atoms with Crippen molar-refractivity contribution < 1.29 is 14.3 Å². The largest absolute Gasteiger partial charge is 0.481 e. The standard InChI is InChI=1S/C29H20Cl2FNO2S/c30-24-3-1-2-23-22(24)11-7-18-14-17(5-10-21(18)29(23)36-13-12-28(34)35)4-8-20-9-6-19-15-26(32)25(31)16-27(19)33-20/h1-11,14-16,29H,12-13H2,(H,34,35)/b8-4+. The van der Waals surface area contributed by atoms with Gasteiger partial charge in [-0.25, -0.2) is 9.37 Å². The summed E-state index contributed by atoms with van der Waals surface area (Å²) in [7, 11) is 0. The van der Waals surface area contributed by atoms with Gasteiger partial charge >= 0.3 is 5.97 Å². The van der Waals surface area contributed by atoms with E-state index in [1.165, 1.54) is 12.1 Å². The smallest absolute Gasteiger partial charge is 0.304 e. The molecule has 1 aliphatic carbocycles. The number of hydrogen-bond donors (Lipinski definition) is 1. The van der Waals surface area contributed by atoms with Crippen molar-refractivity contribution in [2.75, 3.05) is 5.75 Å². The van der Waals surface area contributed by atoms with Crippen LogP contribution in [0.2, 0.25) is 10.0 Å². The van der Waals surface area contributed by atoms with Crippen molar-refractivity contribution in [1.29, 1.82) is 0 Å². The minimum Gasteiger partial charge on any atom is -0.481 e. The molecule has 5 rings (SSSR count). The average Bonchev–Trinajstić information content (AvgIpc) is 3.01. The van der Waals surface area contributed by atoms with E-state index in [9.17, 15) is 9.18 Å². The quantitative estimate of drug-likeness (QED) is 0.268. The number of benzene rings is 3. The lowest BCUT2D eigenvalue weighted by Gasteiger charge is -2.20. The Morgan fingerprint density at radius 1 is 1.00 bits per heavy atom. The van der Waals surface area contributed by atoms with E-state index in [0.29, 0.717) is 21.7 Å². The van der Waals surface area contributed by atoms with Gasteiger partial charge in [0.05, 0.1) is 27.9 Å². The zero-order valence-electron chi connectivity index (χ0n) is 18.9. The third-order valence-corrected chi connectivity index (χ3v) is 7.89. The normalized spacial score (nSPS) is 14.6. The summed E-state index contributed by atoms with van der Waals surface area (Å²) in [6.45, 7) is 0. The number of aromatic nitrogens is 1. The molecule has 0 saturated carbocycles. The Morgan fingerprint density at radius 3 is 2.69 bits per heavy atom. The van der Waals surface area contributed by atoms with E-state index in [2.05, 4.69) is 29.3 Å². The first-order valence-electron chi connectivity index (χ1n) is 11.3. The van der Waals surface area contributed by atoms with E-state index in [1.54, 1.807) is 11.8 Å². The van der Waals surface area contributed by atoms with Crippen LogP contribution in [0.4, 0.5) is 4.39 Å². The molecule has 180 valence electrons. The van der Waals surface area contributed by atoms with Crippen molar-refractivity contribution in [2.24, 2.45) is 0 Å². The molecule has 1 N–H and O–H groups in total. The zero-order chi connectivity index (χ0) is 25.2. The molecule has 1 heterocycles. The Bertz CT molecular complexity index is 1550. The maximum Gasteiger partial charge on any atom is 0.304 e. The summed E-state index contributed by atoms with van der Waals surface area (Å²) in [6, 6.07) is 18.6. The van der Waals surface area contributed by atoms with Crippen molar-refractivity contribution >= 4 is 76.1 Å². The van der Waals surface area contributed by atoms with Crippen molar-refractivity contribution in [2.45, 2.75) is 11.7 Å². The fraction of sp³-hybridized carbons (Fsp3) is 0.103. The maximum absolute atomic E-state index is 13.7. The minimum absolute atomic E-state index is 0.0339. The molecular weight excluding hydrogens is 516 g/mol. The van der Waals surface area contributed by atoms with Crippen molar-refractivity contribution in [3.8, 4) is 0 Å². The van der Waals surface area contributed by atoms with Gasteiger partial charge in [-0.2, -0.15) is 0 Å². The van der Waals surface area contributed by atoms with E-state index in [0.717, 1.165) is 33.5 Å². The van der Waals surface area contributed by atoms with Gasteiger partial charge in [-0.1, -0.05) is 71.8 Å². The summed E-state index contributed by atoms with van der Waals surface area (Å²) >= 11 is 14.0. The molecule has 0 spiro atoms. The molecule has 0 bridgehead atoms. The van der Waals surface area contributed by atoms with Gasteiger partial charge in [0.25, 0.3) is 0 Å². The second-order valence-electron chi connectivity index (χ2n) is 8.39. The molecule has 0 radical (unpaired) electrons. The molecule has 3 aromatic carbocycles. The number of nitrogens with zero attached hydrogens (tertiary/aromatic N) is 1. The van der Waals surface area contributed by atoms with Gasteiger partial charge in [-0.15, -0.1) is 11.8 Å². The number of carboxylic acid groups (broad SMARTS) is 1. The molecule has 7 heteroatoms. The number of carbonyl (C=O) groups is 1. The van der Waals surface area contributed by atoms with E-state index < -0.39 is 11.8 Å². The summed E-state index contributed by atoms with van der Waals surface area (Å²) in [5.74, 6) is -0.777. The molecular formula is C29H20Cl2FNO2S. The van der Waals surface area contributed by atoms with E-state index in [-0.39, 0.29) is 16.7 Å². The topological polar surface area (TPSA) is 50.2 Å². The predicted octanol–water partition coefficient (Wildman–Crippen LogP) is 8.63. The Kier molecular flexibility index (Phi) is 7.15. The zero-order valence-corrected chi connectivity index (χ0v) is 21.2. The molecule has 4 aromatic rings. The van der Waals surface area contributed by atoms with Gasteiger partial charge in [0, 0.05) is 16.2 Å². The highest BCUT2D eigenvalue weighted by Crippen LogP contribution is 2.44. The molecule has 0 fully saturated rings. The SMILES string of the molecule is O=C(O)CCSC1c2ccc(/C=C/c3ccc4cc(F)c(Cl)cc4n3)cc2C=Cc2c(Cl)cccc21. The number of carboxylic acids is 1. The van der Waals surface area contributed by atoms with Crippen LogP contribution in [0.1, 0.15) is 45.2 Å². The highest BCUT2D eigenvalue weighted by atomic mass is 35.5. The van der Waals surface area contributed by atoms with Crippen LogP contribution in [-0.2, 0) is 4.79 Å². The number of rotatable bonds is 6. The first-order valence-corrected chi connectivity index (χ1v) is 13.1. The number of aliphatic carboxylic acids is 1. The molecule has 1 unspecified atom stereocenters. The molecule has 36 heavy (non-hydrogen) atoms. The Morgan fingerprint density at radius 2 is 1.86 bits per heavy atom. The number of hydrogen-bond acceptors (Lipinski definition) is 3. The fourth-order valence-corrected chi connectivity index (χ4v) is 5.94. The van der Waals surface area contributed by atoms with Crippen LogP contribution in [0.15, 0.2) is 60.7 Å². The highest BCUT2D eigenvalue weighted by molar-refractivity contribution is 7.99. The Labute approximate surface area is 222 Å². The van der Waals surface area contributed by atoms with Gasteiger partial charge in [0.15, 0.2) is 0 Å². The lowest BCUT2D eigenvalue weighted by Crippen LogP contribution is -2.04. The summed E-state index contributed by atoms with van der Waals surface area (Å²) in [5.41, 5.74) is 6.54. The molecule has 1 aromatic heterocycles. The average molecular weight is 536 g/mol. The number of pyridine rings is 1. The predicted molar refractivity (Wildman–Crippen MR) is 149 cm³/mol. The third kappa shape index (κ3) is 5.19. The summed E-state index contributed by atoms with van der Waals surface area (Å²) < 4.78 is 13.7. The molecule has 0 aliphatic heterocycles. The lowest BCUT2D eigenvalue weighted by molar-refractivity contribution is -0.136. The van der Waals surface area contributed by atoms with E-state index in [4.69, 9.17) is 28.3 Å². The van der Waals surface area contributed by atoms with Crippen LogP contribution in [0.3, 0.4) is 0 Å². The monoisotopic (exact) mass is 535 g/mol. The van der Waals surface area contributed by atoms with Crippen LogP contribution in [0.25, 0.3) is 35.2 Å². The summed E-state index contributed by atoms with van der Waals surface area (Å²) in [4.78, 5) is 15.7. The number of halogens is 3. The van der Waals surface area contributed by atoms with Gasteiger partial charge in [0.2, 0.25) is 0 Å². The van der Waals surface area contributed by atoms with Crippen LogP contribution < -0.4 is 0 Å². The van der Waals surface area contributed by atoms with Crippen molar-refractivity contribution in [3.63, 3.8) is 0 Å². The molecule has 1 aliphatic rings. The lowest BCUT2D eigenvalue weighted by atomic mass is 9.97. The highest BCUT2D eigenvalue weighted by Gasteiger charge is 2.23. The third-order valence-electron chi connectivity index (χ3n) is 5.99. The Hall–Kier alpha value is -3.12. The first-order chi connectivity index (χ1) is 17.4. The van der Waals surface area contributed by atoms with Crippen molar-refractivity contribution in [3.05, 3.63) is 110 Å². The molecule has 0 amide bonds. The number of thioether (sulfide) groups is 1. The van der Waals surface area contributed by atoms with E-state index >= 15 is 0 Å². The maximum atomic E-state index is 13.7. The van der Waals surface area contributed by atoms with Gasteiger partial charge in [-0.05, 0) is 64.2 Å². The minimum atomic E-state index is -0.809. The van der Waals surface area contributed by atoms with Gasteiger partial charge in [-0.3, -0.25) is 4.79 Å². The van der Waals surface area contributed by atoms with Crippen LogP contribution >= 0.6 is 35.0 Å². The van der Waals surface area contributed by atoms with Gasteiger partial charge < -0.3 is 5.11 Å².